The monoisotopic (exact) mass is 434 g/mol. The molecule has 2 aromatic rings. The fraction of sp³-hybridized carbons (Fsp3) is 0.273. The smallest absolute Gasteiger partial charge is 0.263 e. The number of anilines is 1. The number of sulfonamides is 1. The van der Waals surface area contributed by atoms with Gasteiger partial charge in [0.05, 0.1) is 34.2 Å². The van der Waals surface area contributed by atoms with Crippen molar-refractivity contribution in [1.29, 1.82) is 10.5 Å². The second-order valence-corrected chi connectivity index (χ2v) is 9.67. The highest BCUT2D eigenvalue weighted by atomic mass is 32.2. The number of fused-ring (bicyclic) bond motifs is 3. The number of rotatable bonds is 4. The van der Waals surface area contributed by atoms with Crippen LogP contribution in [0.5, 0.6) is 0 Å². The molecule has 0 bridgehead atoms. The number of benzene rings is 2. The summed E-state index contributed by atoms with van der Waals surface area (Å²) in [5.74, 6) is -0.911. The van der Waals surface area contributed by atoms with Crippen molar-refractivity contribution in [1.82, 2.24) is 0 Å². The number of nitro groups is 1. The van der Waals surface area contributed by atoms with Crippen molar-refractivity contribution in [2.75, 3.05) is 4.31 Å². The number of para-hydroxylation sites is 1. The van der Waals surface area contributed by atoms with Gasteiger partial charge in [-0.2, -0.15) is 10.5 Å². The molecule has 8 nitrogen and oxygen atoms in total. The highest BCUT2D eigenvalue weighted by molar-refractivity contribution is 7.93. The molecule has 0 saturated heterocycles. The van der Waals surface area contributed by atoms with E-state index in [2.05, 4.69) is 6.58 Å². The maximum atomic E-state index is 13.8. The fourth-order valence-electron chi connectivity index (χ4n) is 4.99. The van der Waals surface area contributed by atoms with Crippen molar-refractivity contribution in [3.8, 4) is 12.1 Å². The Morgan fingerprint density at radius 3 is 2.35 bits per heavy atom. The van der Waals surface area contributed by atoms with Crippen LogP contribution in [0.1, 0.15) is 17.5 Å². The standard InChI is InChI=1S/C22H18N4O4S/c1-3-16-12-21(13-23,14-24)20-22(16,26(27)28)18-6-4-5-7-19(18)25(20)31(29,30)17-10-8-15(2)9-11-17/h3-11,16,20H,1,12H2,2H3/t16-,20-,22+/m1/s1. The van der Waals surface area contributed by atoms with Crippen LogP contribution >= 0.6 is 0 Å². The maximum absolute atomic E-state index is 13.8. The predicted octanol–water partition coefficient (Wildman–Crippen LogP) is 3.28. The average molecular weight is 434 g/mol. The molecular formula is C22H18N4O4S. The second-order valence-electron chi connectivity index (χ2n) is 7.86. The SMILES string of the molecule is C=C[C@@H]1CC(C#N)(C#N)[C@H]2N(S(=O)(=O)c3ccc(C)cc3)c3ccccc3[C@@]12[N+](=O)[O-]. The van der Waals surface area contributed by atoms with Gasteiger partial charge in [0, 0.05) is 4.92 Å². The Kier molecular flexibility index (Phi) is 4.42. The van der Waals surface area contributed by atoms with Gasteiger partial charge in [-0.05, 0) is 37.6 Å². The Labute approximate surface area is 179 Å². The van der Waals surface area contributed by atoms with Crippen molar-refractivity contribution in [2.45, 2.75) is 29.8 Å². The second kappa shape index (κ2) is 6.66. The minimum atomic E-state index is -4.33. The molecule has 0 aromatic heterocycles. The number of hydrogen-bond donors (Lipinski definition) is 0. The molecule has 31 heavy (non-hydrogen) atoms. The lowest BCUT2D eigenvalue weighted by Crippen LogP contribution is -2.55. The molecule has 2 aromatic carbocycles. The highest BCUT2D eigenvalue weighted by Gasteiger charge is 2.78. The van der Waals surface area contributed by atoms with Gasteiger partial charge in [0.1, 0.15) is 0 Å². The molecule has 0 spiro atoms. The van der Waals surface area contributed by atoms with Gasteiger partial charge in [-0.3, -0.25) is 14.4 Å². The summed E-state index contributed by atoms with van der Waals surface area (Å²) in [5, 5.41) is 32.6. The Morgan fingerprint density at radius 1 is 1.19 bits per heavy atom. The van der Waals surface area contributed by atoms with E-state index in [0.717, 1.165) is 9.87 Å². The van der Waals surface area contributed by atoms with E-state index in [1.807, 2.05) is 12.1 Å². The van der Waals surface area contributed by atoms with Crippen molar-refractivity contribution in [3.63, 3.8) is 0 Å². The molecule has 9 heteroatoms. The Bertz CT molecular complexity index is 1280. The van der Waals surface area contributed by atoms with E-state index >= 15 is 0 Å². The summed E-state index contributed by atoms with van der Waals surface area (Å²) >= 11 is 0. The molecule has 0 amide bonds. The molecule has 1 saturated carbocycles. The number of nitrogens with zero attached hydrogens (tertiary/aromatic N) is 4. The third-order valence-electron chi connectivity index (χ3n) is 6.36. The van der Waals surface area contributed by atoms with E-state index in [1.54, 1.807) is 31.2 Å². The third-order valence-corrected chi connectivity index (χ3v) is 8.16. The summed E-state index contributed by atoms with van der Waals surface area (Å²) in [6, 6.07) is 14.5. The van der Waals surface area contributed by atoms with Crippen LogP contribution in [0.2, 0.25) is 0 Å². The van der Waals surface area contributed by atoms with Crippen molar-refractivity contribution < 1.29 is 13.3 Å². The topological polar surface area (TPSA) is 128 Å². The van der Waals surface area contributed by atoms with Gasteiger partial charge in [-0.15, -0.1) is 6.58 Å². The van der Waals surface area contributed by atoms with Gasteiger partial charge >= 0.3 is 0 Å². The normalized spacial score (nSPS) is 25.7. The molecule has 3 atom stereocenters. The molecular weight excluding hydrogens is 416 g/mol. The van der Waals surface area contributed by atoms with Crippen LogP contribution in [0, 0.1) is 51.0 Å². The van der Waals surface area contributed by atoms with E-state index in [0.29, 0.717) is 0 Å². The Morgan fingerprint density at radius 2 is 1.81 bits per heavy atom. The zero-order valence-electron chi connectivity index (χ0n) is 16.6. The number of aryl methyl sites for hydroxylation is 1. The first-order valence-corrected chi connectivity index (χ1v) is 10.9. The highest BCUT2D eigenvalue weighted by Crippen LogP contribution is 2.64. The minimum Gasteiger partial charge on any atom is -0.263 e. The number of nitriles is 2. The lowest BCUT2D eigenvalue weighted by atomic mass is 9.78. The molecule has 0 unspecified atom stereocenters. The summed E-state index contributed by atoms with van der Waals surface area (Å²) in [4.78, 5) is 12.0. The Balaban J connectivity index is 2.11. The van der Waals surface area contributed by atoms with Crippen molar-refractivity contribution in [3.05, 3.63) is 82.4 Å². The van der Waals surface area contributed by atoms with Crippen LogP contribution < -0.4 is 4.31 Å². The summed E-state index contributed by atoms with van der Waals surface area (Å²) in [6.45, 7) is 5.51. The van der Waals surface area contributed by atoms with Crippen LogP contribution in [-0.2, 0) is 15.6 Å². The molecule has 0 radical (unpaired) electrons. The van der Waals surface area contributed by atoms with Gasteiger partial charge in [0.25, 0.3) is 15.6 Å². The molecule has 4 rings (SSSR count). The lowest BCUT2D eigenvalue weighted by molar-refractivity contribution is -0.585. The Hall–Kier alpha value is -3.69. The molecule has 1 aliphatic carbocycles. The maximum Gasteiger partial charge on any atom is 0.279 e. The van der Waals surface area contributed by atoms with Crippen LogP contribution in [0.3, 0.4) is 0 Å². The van der Waals surface area contributed by atoms with Gasteiger partial charge in [0.15, 0.2) is 11.5 Å². The molecule has 0 N–H and O–H groups in total. The largest absolute Gasteiger partial charge is 0.279 e. The zero-order valence-corrected chi connectivity index (χ0v) is 17.4. The van der Waals surface area contributed by atoms with Crippen molar-refractivity contribution >= 4 is 15.7 Å². The fourth-order valence-corrected chi connectivity index (χ4v) is 6.73. The summed E-state index contributed by atoms with van der Waals surface area (Å²) in [7, 11) is -4.33. The van der Waals surface area contributed by atoms with Gasteiger partial charge < -0.3 is 0 Å². The third kappa shape index (κ3) is 2.41. The first-order valence-electron chi connectivity index (χ1n) is 9.51. The van der Waals surface area contributed by atoms with Crippen LogP contribution in [-0.4, -0.2) is 19.4 Å². The lowest BCUT2D eigenvalue weighted by Gasteiger charge is -2.32. The van der Waals surface area contributed by atoms with E-state index in [-0.39, 0.29) is 22.6 Å². The van der Waals surface area contributed by atoms with Gasteiger partial charge in [0.2, 0.25) is 0 Å². The van der Waals surface area contributed by atoms with Crippen LogP contribution in [0.4, 0.5) is 5.69 Å². The first-order chi connectivity index (χ1) is 14.7. The van der Waals surface area contributed by atoms with Crippen LogP contribution in [0.15, 0.2) is 66.1 Å². The number of hydrogen-bond acceptors (Lipinski definition) is 6. The summed E-state index contributed by atoms with van der Waals surface area (Å²) in [5.41, 5.74) is -2.81. The van der Waals surface area contributed by atoms with E-state index in [4.69, 9.17) is 0 Å². The van der Waals surface area contributed by atoms with Crippen molar-refractivity contribution in [2.24, 2.45) is 11.3 Å². The van der Waals surface area contributed by atoms with E-state index in [9.17, 15) is 29.1 Å². The predicted molar refractivity (Wildman–Crippen MR) is 112 cm³/mol. The quantitative estimate of drug-likeness (QED) is 0.413. The van der Waals surface area contributed by atoms with E-state index < -0.39 is 37.9 Å². The first kappa shape index (κ1) is 20.6. The summed E-state index contributed by atoms with van der Waals surface area (Å²) < 4.78 is 28.5. The average Bonchev–Trinajstić information content (AvgIpc) is 3.24. The molecule has 1 aliphatic heterocycles. The molecule has 1 heterocycles. The molecule has 2 aliphatic rings. The zero-order chi connectivity index (χ0) is 22.6. The minimum absolute atomic E-state index is 0.0705. The summed E-state index contributed by atoms with van der Waals surface area (Å²) in [6.07, 6.45) is 1.16. The molecule has 156 valence electrons. The van der Waals surface area contributed by atoms with Gasteiger partial charge in [-0.1, -0.05) is 35.9 Å². The van der Waals surface area contributed by atoms with E-state index in [1.165, 1.54) is 30.3 Å². The van der Waals surface area contributed by atoms with Gasteiger partial charge in [-0.25, -0.2) is 8.42 Å². The van der Waals surface area contributed by atoms with Crippen LogP contribution in [0.25, 0.3) is 0 Å². The molecule has 1 fully saturated rings.